The van der Waals surface area contributed by atoms with Crippen LogP contribution in [0.15, 0.2) is 36.4 Å². The molecular weight excluding hydrogens is 531 g/mol. The van der Waals surface area contributed by atoms with Crippen LogP contribution in [0.3, 0.4) is 0 Å². The minimum atomic E-state index is -0.892. The van der Waals surface area contributed by atoms with Gasteiger partial charge in [-0.3, -0.25) is 19.2 Å². The Balaban J connectivity index is 1.93. The van der Waals surface area contributed by atoms with E-state index >= 15 is 0 Å². The minimum Gasteiger partial charge on any atom is -0.481 e. The van der Waals surface area contributed by atoms with Gasteiger partial charge in [0.1, 0.15) is 11.9 Å². The van der Waals surface area contributed by atoms with Crippen LogP contribution in [0.4, 0.5) is 4.39 Å². The predicted octanol–water partition coefficient (Wildman–Crippen LogP) is 4.50. The summed E-state index contributed by atoms with van der Waals surface area (Å²) in [6.07, 6.45) is 0.391. The van der Waals surface area contributed by atoms with Crippen LogP contribution in [-0.2, 0) is 37.8 Å². The molecule has 0 aromatic heterocycles. The molecule has 2 amide bonds. The van der Waals surface area contributed by atoms with Gasteiger partial charge in [-0.15, -0.1) is 11.8 Å². The third kappa shape index (κ3) is 9.76. The number of benzene rings is 2. The van der Waals surface area contributed by atoms with Crippen molar-refractivity contribution in [2.45, 2.75) is 64.8 Å². The number of carboxylic acids is 1. The van der Waals surface area contributed by atoms with E-state index < -0.39 is 29.8 Å². The molecule has 2 rings (SSSR count). The van der Waals surface area contributed by atoms with Gasteiger partial charge in [0.25, 0.3) is 0 Å². The molecule has 7 nitrogen and oxygen atoms in total. The Hall–Kier alpha value is -2.91. The van der Waals surface area contributed by atoms with Gasteiger partial charge >= 0.3 is 5.97 Å². The number of hydrogen-bond donors (Lipinski definition) is 3. The molecule has 0 fully saturated rings. The zero-order chi connectivity index (χ0) is 28.4. The molecule has 206 valence electrons. The number of hydrogen-bond acceptors (Lipinski definition) is 5. The number of carbonyl (C=O) groups excluding carboxylic acids is 3. The number of carboxylic acid groups (broad SMARTS) is 1. The van der Waals surface area contributed by atoms with E-state index in [0.717, 1.165) is 16.7 Å². The Morgan fingerprint density at radius 1 is 1.08 bits per heavy atom. The molecule has 0 bridgehead atoms. The first-order valence-corrected chi connectivity index (χ1v) is 13.9. The van der Waals surface area contributed by atoms with Crippen LogP contribution in [-0.4, -0.2) is 46.5 Å². The van der Waals surface area contributed by atoms with Crippen molar-refractivity contribution < 1.29 is 28.7 Å². The maximum absolute atomic E-state index is 13.9. The number of aryl methyl sites for hydroxylation is 2. The second kappa shape index (κ2) is 14.9. The van der Waals surface area contributed by atoms with Gasteiger partial charge in [-0.05, 0) is 55.0 Å². The SMILES string of the molecule is Cc1ccc(CCC(=O)O)cc1CC(=O)NC(C(=O)N[C@@H](C)C(=O)CSCc1c(F)cccc1Cl)C(C)C. The summed E-state index contributed by atoms with van der Waals surface area (Å²) in [5.41, 5.74) is 2.79. The van der Waals surface area contributed by atoms with E-state index in [1.807, 2.05) is 25.1 Å². The van der Waals surface area contributed by atoms with Gasteiger partial charge in [-0.1, -0.05) is 49.7 Å². The lowest BCUT2D eigenvalue weighted by Gasteiger charge is -2.24. The zero-order valence-corrected chi connectivity index (χ0v) is 23.5. The topological polar surface area (TPSA) is 113 Å². The van der Waals surface area contributed by atoms with Crippen LogP contribution in [0.2, 0.25) is 5.02 Å². The Bertz CT molecular complexity index is 1150. The maximum Gasteiger partial charge on any atom is 0.303 e. The number of nitrogens with one attached hydrogen (secondary N) is 2. The highest BCUT2D eigenvalue weighted by Crippen LogP contribution is 2.24. The first kappa shape index (κ1) is 31.3. The van der Waals surface area contributed by atoms with E-state index in [-0.39, 0.29) is 42.0 Å². The normalized spacial score (nSPS) is 12.6. The molecule has 0 aliphatic carbocycles. The average molecular weight is 565 g/mol. The fraction of sp³-hybridized carbons (Fsp3) is 0.429. The Morgan fingerprint density at radius 3 is 2.42 bits per heavy atom. The number of aliphatic carboxylic acids is 1. The lowest BCUT2D eigenvalue weighted by molar-refractivity contribution is -0.137. The predicted molar refractivity (Wildman–Crippen MR) is 148 cm³/mol. The van der Waals surface area contributed by atoms with Crippen molar-refractivity contribution in [2.75, 3.05) is 5.75 Å². The van der Waals surface area contributed by atoms with Crippen LogP contribution < -0.4 is 10.6 Å². The van der Waals surface area contributed by atoms with E-state index in [1.54, 1.807) is 26.8 Å². The molecule has 10 heteroatoms. The summed E-state index contributed by atoms with van der Waals surface area (Å²) >= 11 is 7.23. The minimum absolute atomic E-state index is 0.00338. The smallest absolute Gasteiger partial charge is 0.303 e. The zero-order valence-electron chi connectivity index (χ0n) is 22.0. The molecule has 2 atom stereocenters. The molecule has 0 aliphatic heterocycles. The van der Waals surface area contributed by atoms with E-state index in [2.05, 4.69) is 10.6 Å². The fourth-order valence-corrected chi connectivity index (χ4v) is 5.05. The number of amides is 2. The summed E-state index contributed by atoms with van der Waals surface area (Å²) in [7, 11) is 0. The summed E-state index contributed by atoms with van der Waals surface area (Å²) in [6, 6.07) is 8.27. The summed E-state index contributed by atoms with van der Waals surface area (Å²) in [6.45, 7) is 7.02. The lowest BCUT2D eigenvalue weighted by Crippen LogP contribution is -2.53. The van der Waals surface area contributed by atoms with Crippen molar-refractivity contribution in [1.29, 1.82) is 0 Å². The summed E-state index contributed by atoms with van der Waals surface area (Å²) < 4.78 is 13.9. The number of halogens is 2. The summed E-state index contributed by atoms with van der Waals surface area (Å²) in [5.74, 6) is -2.34. The van der Waals surface area contributed by atoms with Gasteiger partial charge in [0, 0.05) is 22.8 Å². The average Bonchev–Trinajstić information content (AvgIpc) is 2.84. The second-order valence-corrected chi connectivity index (χ2v) is 10.9. The first-order chi connectivity index (χ1) is 17.9. The van der Waals surface area contributed by atoms with Crippen LogP contribution >= 0.6 is 23.4 Å². The fourth-order valence-electron chi connectivity index (χ4n) is 3.69. The van der Waals surface area contributed by atoms with Crippen molar-refractivity contribution in [1.82, 2.24) is 10.6 Å². The molecule has 1 unspecified atom stereocenters. The van der Waals surface area contributed by atoms with Crippen LogP contribution in [0.1, 0.15) is 49.4 Å². The first-order valence-electron chi connectivity index (χ1n) is 12.3. The second-order valence-electron chi connectivity index (χ2n) is 9.51. The highest BCUT2D eigenvalue weighted by molar-refractivity contribution is 7.99. The molecule has 2 aromatic carbocycles. The third-order valence-corrected chi connectivity index (χ3v) is 7.39. The van der Waals surface area contributed by atoms with Gasteiger partial charge in [-0.2, -0.15) is 0 Å². The van der Waals surface area contributed by atoms with E-state index in [9.17, 15) is 23.6 Å². The van der Waals surface area contributed by atoms with Gasteiger partial charge in [-0.25, -0.2) is 4.39 Å². The van der Waals surface area contributed by atoms with E-state index in [4.69, 9.17) is 16.7 Å². The summed E-state index contributed by atoms with van der Waals surface area (Å²) in [4.78, 5) is 49.2. The summed E-state index contributed by atoms with van der Waals surface area (Å²) in [5, 5.41) is 14.6. The molecule has 38 heavy (non-hydrogen) atoms. The molecule has 3 N–H and O–H groups in total. The molecule has 0 saturated heterocycles. The number of thioether (sulfide) groups is 1. The van der Waals surface area contributed by atoms with Crippen LogP contribution in [0, 0.1) is 18.7 Å². The van der Waals surface area contributed by atoms with Gasteiger partial charge in [0.2, 0.25) is 11.8 Å². The van der Waals surface area contributed by atoms with E-state index in [1.165, 1.54) is 23.9 Å². The molecule has 2 aromatic rings. The largest absolute Gasteiger partial charge is 0.481 e. The maximum atomic E-state index is 13.9. The molecule has 0 aliphatic rings. The van der Waals surface area contributed by atoms with Crippen molar-refractivity contribution in [3.05, 3.63) is 69.5 Å². The Kier molecular flexibility index (Phi) is 12.3. The van der Waals surface area contributed by atoms with Gasteiger partial charge in [0.05, 0.1) is 18.2 Å². The third-order valence-electron chi connectivity index (χ3n) is 6.05. The molecule has 0 radical (unpaired) electrons. The van der Waals surface area contributed by atoms with Gasteiger partial charge in [0.15, 0.2) is 5.78 Å². The Labute approximate surface area is 231 Å². The van der Waals surface area contributed by atoms with Crippen molar-refractivity contribution in [2.24, 2.45) is 5.92 Å². The lowest BCUT2D eigenvalue weighted by atomic mass is 9.98. The molecule has 0 spiro atoms. The number of ketones is 1. The van der Waals surface area contributed by atoms with E-state index in [0.29, 0.717) is 17.0 Å². The highest BCUT2D eigenvalue weighted by atomic mass is 35.5. The standard InChI is InChI=1S/C28H34ClFN2O5S/c1-16(2)27(32-25(34)13-20-12-19(9-8-17(20)3)10-11-26(35)36)28(37)31-18(4)24(33)15-38-14-21-22(29)6-5-7-23(21)30/h5-9,12,16,18,27H,10-11,13-15H2,1-4H3,(H,31,37)(H,32,34)(H,35,36)/t18-,27?/m0/s1. The monoisotopic (exact) mass is 564 g/mol. The number of Topliss-reactive ketones (excluding diaryl/α,β-unsaturated/α-hetero) is 1. The van der Waals surface area contributed by atoms with Crippen LogP contribution in [0.5, 0.6) is 0 Å². The molecule has 0 heterocycles. The number of rotatable bonds is 14. The highest BCUT2D eigenvalue weighted by Gasteiger charge is 2.27. The molecule has 0 saturated carbocycles. The van der Waals surface area contributed by atoms with Crippen molar-refractivity contribution >= 4 is 46.9 Å². The Morgan fingerprint density at radius 2 is 1.79 bits per heavy atom. The molecular formula is C28H34ClFN2O5S. The van der Waals surface area contributed by atoms with Crippen LogP contribution in [0.25, 0.3) is 0 Å². The number of carbonyl (C=O) groups is 4. The quantitative estimate of drug-likeness (QED) is 0.311. The van der Waals surface area contributed by atoms with Crippen molar-refractivity contribution in [3.8, 4) is 0 Å². The van der Waals surface area contributed by atoms with Gasteiger partial charge < -0.3 is 15.7 Å². The van der Waals surface area contributed by atoms with Crippen molar-refractivity contribution in [3.63, 3.8) is 0 Å².